The van der Waals surface area contributed by atoms with Crippen molar-refractivity contribution in [2.75, 3.05) is 13.1 Å². The summed E-state index contributed by atoms with van der Waals surface area (Å²) in [6, 6.07) is 0. The van der Waals surface area contributed by atoms with Crippen molar-refractivity contribution in [2.24, 2.45) is 0 Å². The first-order valence-corrected chi connectivity index (χ1v) is 13.8. The number of nitrogens with zero attached hydrogens (tertiary/aromatic N) is 1. The highest BCUT2D eigenvalue weighted by atomic mass is 15.2. The Balaban J connectivity index is 3.97. The van der Waals surface area contributed by atoms with E-state index in [1.54, 1.807) is 0 Å². The fourth-order valence-electron chi connectivity index (χ4n) is 4.56. The summed E-state index contributed by atoms with van der Waals surface area (Å²) in [6.45, 7) is 14.6. The molecule has 0 aromatic carbocycles. The third kappa shape index (κ3) is 18.4. The Kier molecular flexibility index (Phi) is 21.2. The zero-order valence-electron chi connectivity index (χ0n) is 21.5. The van der Waals surface area contributed by atoms with E-state index in [9.17, 15) is 0 Å². The second-order valence-electron chi connectivity index (χ2n) is 10.2. The molecule has 0 atom stereocenters. The second kappa shape index (κ2) is 21.2. The van der Waals surface area contributed by atoms with Crippen LogP contribution in [-0.4, -0.2) is 23.5 Å². The third-order valence-electron chi connectivity index (χ3n) is 6.81. The standard InChI is InChI=1S/C28H59N/c1-6-9-12-15-16-17-18-19-20-21-22-25-28(4,5)29(26-23-13-10-7-2)27-24-14-11-8-3/h6-27H2,1-5H3. The maximum atomic E-state index is 2.84. The lowest BCUT2D eigenvalue weighted by Crippen LogP contribution is -2.45. The molecule has 0 heterocycles. The highest BCUT2D eigenvalue weighted by Gasteiger charge is 2.25. The van der Waals surface area contributed by atoms with E-state index < -0.39 is 0 Å². The maximum Gasteiger partial charge on any atom is 0.0153 e. The summed E-state index contributed by atoms with van der Waals surface area (Å²) in [7, 11) is 0. The quantitative estimate of drug-likeness (QED) is 0.152. The summed E-state index contributed by atoms with van der Waals surface area (Å²) >= 11 is 0. The van der Waals surface area contributed by atoms with Gasteiger partial charge in [0.05, 0.1) is 0 Å². The Morgan fingerprint density at radius 3 is 1.10 bits per heavy atom. The van der Waals surface area contributed by atoms with Gasteiger partial charge >= 0.3 is 0 Å². The lowest BCUT2D eigenvalue weighted by Gasteiger charge is -2.39. The number of rotatable bonds is 23. The van der Waals surface area contributed by atoms with E-state index >= 15 is 0 Å². The van der Waals surface area contributed by atoms with Crippen LogP contribution in [0.1, 0.15) is 163 Å². The van der Waals surface area contributed by atoms with E-state index in [0.717, 1.165) is 0 Å². The summed E-state index contributed by atoms with van der Waals surface area (Å²) in [5.41, 5.74) is 0.387. The Morgan fingerprint density at radius 2 is 0.724 bits per heavy atom. The summed E-state index contributed by atoms with van der Waals surface area (Å²) in [4.78, 5) is 2.84. The Bertz CT molecular complexity index is 297. The van der Waals surface area contributed by atoms with Crippen LogP contribution in [0.4, 0.5) is 0 Å². The van der Waals surface area contributed by atoms with Crippen molar-refractivity contribution >= 4 is 0 Å². The average Bonchev–Trinajstić information content (AvgIpc) is 2.70. The molecule has 0 aliphatic rings. The van der Waals surface area contributed by atoms with Crippen molar-refractivity contribution in [3.8, 4) is 0 Å². The van der Waals surface area contributed by atoms with E-state index in [1.165, 1.54) is 142 Å². The molecule has 0 N–H and O–H groups in total. The van der Waals surface area contributed by atoms with E-state index in [1.807, 2.05) is 0 Å². The molecule has 1 heteroatoms. The molecule has 0 fully saturated rings. The minimum Gasteiger partial charge on any atom is -0.298 e. The van der Waals surface area contributed by atoms with E-state index in [-0.39, 0.29) is 0 Å². The van der Waals surface area contributed by atoms with Gasteiger partial charge in [-0.05, 0) is 46.2 Å². The monoisotopic (exact) mass is 409 g/mol. The molecule has 29 heavy (non-hydrogen) atoms. The van der Waals surface area contributed by atoms with E-state index in [2.05, 4.69) is 39.5 Å². The molecule has 0 aromatic heterocycles. The van der Waals surface area contributed by atoms with Crippen LogP contribution in [0.15, 0.2) is 0 Å². The van der Waals surface area contributed by atoms with Gasteiger partial charge in [-0.3, -0.25) is 4.90 Å². The van der Waals surface area contributed by atoms with Crippen LogP contribution >= 0.6 is 0 Å². The molecule has 1 nitrogen and oxygen atoms in total. The topological polar surface area (TPSA) is 3.24 Å². The smallest absolute Gasteiger partial charge is 0.0153 e. The number of hydrogen-bond acceptors (Lipinski definition) is 1. The van der Waals surface area contributed by atoms with Crippen LogP contribution in [0.25, 0.3) is 0 Å². The van der Waals surface area contributed by atoms with Gasteiger partial charge in [0.2, 0.25) is 0 Å². The van der Waals surface area contributed by atoms with Gasteiger partial charge in [0.1, 0.15) is 0 Å². The molecule has 0 bridgehead atoms. The average molecular weight is 410 g/mol. The summed E-state index contributed by atoms with van der Waals surface area (Å²) in [6.07, 6.45) is 28.4. The van der Waals surface area contributed by atoms with Crippen molar-refractivity contribution in [3.05, 3.63) is 0 Å². The molecule has 0 radical (unpaired) electrons. The molecule has 0 aromatic rings. The summed E-state index contributed by atoms with van der Waals surface area (Å²) < 4.78 is 0. The van der Waals surface area contributed by atoms with Crippen LogP contribution in [-0.2, 0) is 0 Å². The summed E-state index contributed by atoms with van der Waals surface area (Å²) in [5, 5.41) is 0. The van der Waals surface area contributed by atoms with Gasteiger partial charge in [-0.25, -0.2) is 0 Å². The first kappa shape index (κ1) is 29.0. The van der Waals surface area contributed by atoms with Gasteiger partial charge in [0.25, 0.3) is 0 Å². The molecule has 0 amide bonds. The van der Waals surface area contributed by atoms with Gasteiger partial charge in [0.15, 0.2) is 0 Å². The van der Waals surface area contributed by atoms with Crippen LogP contribution in [0, 0.1) is 0 Å². The predicted molar refractivity (Wildman–Crippen MR) is 135 cm³/mol. The normalized spacial score (nSPS) is 12.2. The van der Waals surface area contributed by atoms with Crippen LogP contribution in [0.5, 0.6) is 0 Å². The van der Waals surface area contributed by atoms with Gasteiger partial charge in [-0.2, -0.15) is 0 Å². The molecule has 0 saturated carbocycles. The zero-order chi connectivity index (χ0) is 21.6. The SMILES string of the molecule is CCCCCCCCCCCCCC(C)(C)N(CCCCCC)CCCCCC. The minimum absolute atomic E-state index is 0.387. The van der Waals surface area contributed by atoms with Crippen molar-refractivity contribution in [1.82, 2.24) is 4.90 Å². The van der Waals surface area contributed by atoms with Gasteiger partial charge in [-0.1, -0.05) is 130 Å². The lowest BCUT2D eigenvalue weighted by atomic mass is 9.93. The minimum atomic E-state index is 0.387. The summed E-state index contributed by atoms with van der Waals surface area (Å²) in [5.74, 6) is 0. The number of hydrogen-bond donors (Lipinski definition) is 0. The van der Waals surface area contributed by atoms with Crippen LogP contribution in [0.2, 0.25) is 0 Å². The first-order valence-electron chi connectivity index (χ1n) is 13.8. The molecular formula is C28H59N. The van der Waals surface area contributed by atoms with Gasteiger partial charge < -0.3 is 0 Å². The predicted octanol–water partition coefficient (Wildman–Crippen LogP) is 9.93. The molecule has 176 valence electrons. The molecule has 0 saturated heterocycles. The molecule has 0 aliphatic carbocycles. The largest absolute Gasteiger partial charge is 0.298 e. The molecule has 0 unspecified atom stereocenters. The van der Waals surface area contributed by atoms with Gasteiger partial charge in [-0.15, -0.1) is 0 Å². The third-order valence-corrected chi connectivity index (χ3v) is 6.81. The highest BCUT2D eigenvalue weighted by molar-refractivity contribution is 4.81. The van der Waals surface area contributed by atoms with E-state index in [0.29, 0.717) is 5.54 Å². The maximum absolute atomic E-state index is 2.84. The zero-order valence-corrected chi connectivity index (χ0v) is 21.5. The highest BCUT2D eigenvalue weighted by Crippen LogP contribution is 2.24. The fraction of sp³-hybridized carbons (Fsp3) is 1.00. The van der Waals surface area contributed by atoms with Crippen molar-refractivity contribution in [2.45, 2.75) is 169 Å². The number of unbranched alkanes of at least 4 members (excludes halogenated alkanes) is 16. The molecule has 0 rings (SSSR count). The second-order valence-corrected chi connectivity index (χ2v) is 10.2. The molecule has 0 spiro atoms. The lowest BCUT2D eigenvalue weighted by molar-refractivity contribution is 0.103. The Labute approximate surface area is 186 Å². The van der Waals surface area contributed by atoms with Gasteiger partial charge in [0, 0.05) is 5.54 Å². The van der Waals surface area contributed by atoms with Crippen molar-refractivity contribution < 1.29 is 0 Å². The van der Waals surface area contributed by atoms with Crippen molar-refractivity contribution in [1.29, 1.82) is 0 Å². The molecule has 0 aliphatic heterocycles. The van der Waals surface area contributed by atoms with Crippen LogP contribution in [0.3, 0.4) is 0 Å². The molecular weight excluding hydrogens is 350 g/mol. The van der Waals surface area contributed by atoms with Crippen molar-refractivity contribution in [3.63, 3.8) is 0 Å². The Morgan fingerprint density at radius 1 is 0.414 bits per heavy atom. The Hall–Kier alpha value is -0.0400. The van der Waals surface area contributed by atoms with Crippen LogP contribution < -0.4 is 0 Å². The first-order chi connectivity index (χ1) is 14.1. The van der Waals surface area contributed by atoms with E-state index in [4.69, 9.17) is 0 Å². The fourth-order valence-corrected chi connectivity index (χ4v) is 4.56.